The van der Waals surface area contributed by atoms with Gasteiger partial charge in [0.05, 0.1) is 0 Å². The van der Waals surface area contributed by atoms with Crippen LogP contribution in [0.25, 0.3) is 33.0 Å². The Labute approximate surface area is 278 Å². The first-order valence-electron chi connectivity index (χ1n) is 17.3. The molecule has 0 bridgehead atoms. The zero-order chi connectivity index (χ0) is 31.3. The average molecular weight is 603 g/mol. The van der Waals surface area contributed by atoms with Crippen molar-refractivity contribution < 1.29 is 0 Å². The van der Waals surface area contributed by atoms with Crippen molar-refractivity contribution in [3.05, 3.63) is 191 Å². The molecule has 1 saturated carbocycles. The van der Waals surface area contributed by atoms with Crippen molar-refractivity contribution in [3.8, 4) is 11.1 Å². The second-order valence-electron chi connectivity index (χ2n) is 14.9. The fourth-order valence-corrected chi connectivity index (χ4v) is 9.80. The summed E-state index contributed by atoms with van der Waals surface area (Å²) >= 11 is 0. The van der Waals surface area contributed by atoms with Crippen molar-refractivity contribution in [2.24, 2.45) is 29.6 Å². The summed E-state index contributed by atoms with van der Waals surface area (Å²) in [4.78, 5) is 0. The van der Waals surface area contributed by atoms with Crippen LogP contribution in [0.2, 0.25) is 0 Å². The molecule has 0 N–H and O–H groups in total. The standard InChI is InChI=1S/C47H38/c1-47(2)44-27-33(19-21-39(44)40-22-20-34(28-45(40)47)32-18-17-29-9-3-4-10-30(29)25-32)31-11-7-12-35(26-31)36-23-24-43-38-14-6-5-13-37(38)42-16-8-15-41(36)46(42)43/h3-28,37-39,41,44,46H,1-2H3. The molecule has 226 valence electrons. The molecule has 0 heteroatoms. The molecule has 47 heavy (non-hydrogen) atoms. The van der Waals surface area contributed by atoms with Crippen molar-refractivity contribution in [1.82, 2.24) is 0 Å². The molecule has 0 aliphatic heterocycles. The lowest BCUT2D eigenvalue weighted by Crippen LogP contribution is -2.25. The molecule has 6 atom stereocenters. The van der Waals surface area contributed by atoms with Crippen LogP contribution in [0.15, 0.2) is 169 Å². The Bertz CT molecular complexity index is 2250. The lowest BCUT2D eigenvalue weighted by atomic mass is 9.71. The molecule has 0 amide bonds. The highest BCUT2D eigenvalue weighted by Crippen LogP contribution is 2.58. The Morgan fingerprint density at radius 1 is 0.532 bits per heavy atom. The SMILES string of the molecule is CC1(C)c2cc(-c3ccc4ccccc4c3)ccc2C2C=CC(c3cccc(C4=CC=C5C6C=CC=CC6C6=CC=CC4C65)c3)=CC21. The number of benzene rings is 4. The molecule has 6 aliphatic rings. The van der Waals surface area contributed by atoms with E-state index < -0.39 is 0 Å². The Hall–Kier alpha value is -4.94. The highest BCUT2D eigenvalue weighted by molar-refractivity contribution is 5.88. The zero-order valence-electron chi connectivity index (χ0n) is 27.0. The van der Waals surface area contributed by atoms with Crippen LogP contribution in [0.1, 0.15) is 42.0 Å². The molecule has 4 aromatic carbocycles. The summed E-state index contributed by atoms with van der Waals surface area (Å²) in [6.45, 7) is 4.90. The molecular formula is C47H38. The normalized spacial score (nSPS) is 28.6. The topological polar surface area (TPSA) is 0 Å². The third kappa shape index (κ3) is 4.01. The molecule has 0 nitrogen and oxygen atoms in total. The van der Waals surface area contributed by atoms with E-state index in [-0.39, 0.29) is 5.41 Å². The summed E-state index contributed by atoms with van der Waals surface area (Å²) in [5.41, 5.74) is 14.2. The highest BCUT2D eigenvalue weighted by atomic mass is 14.5. The largest absolute Gasteiger partial charge is 0.0764 e. The molecule has 0 spiro atoms. The van der Waals surface area contributed by atoms with E-state index in [9.17, 15) is 0 Å². The Morgan fingerprint density at radius 2 is 1.28 bits per heavy atom. The van der Waals surface area contributed by atoms with Gasteiger partial charge in [-0.3, -0.25) is 0 Å². The van der Waals surface area contributed by atoms with Crippen molar-refractivity contribution in [2.75, 3.05) is 0 Å². The van der Waals surface area contributed by atoms with Crippen LogP contribution >= 0.6 is 0 Å². The molecule has 1 fully saturated rings. The van der Waals surface area contributed by atoms with Crippen LogP contribution in [0.4, 0.5) is 0 Å². The molecule has 6 unspecified atom stereocenters. The number of hydrogen-bond donors (Lipinski definition) is 0. The summed E-state index contributed by atoms with van der Waals surface area (Å²) in [5, 5.41) is 2.59. The minimum absolute atomic E-state index is 0.0331. The van der Waals surface area contributed by atoms with Gasteiger partial charge in [0.15, 0.2) is 0 Å². The second-order valence-corrected chi connectivity index (χ2v) is 14.9. The van der Waals surface area contributed by atoms with Crippen molar-refractivity contribution in [1.29, 1.82) is 0 Å². The molecule has 0 radical (unpaired) electrons. The smallest absolute Gasteiger partial charge is 0.0131 e. The van der Waals surface area contributed by atoms with E-state index in [2.05, 4.69) is 172 Å². The van der Waals surface area contributed by atoms with Gasteiger partial charge in [-0.25, -0.2) is 0 Å². The molecule has 4 aromatic rings. The maximum atomic E-state index is 2.58. The quantitative estimate of drug-likeness (QED) is 0.219. The maximum absolute atomic E-state index is 2.58. The van der Waals surface area contributed by atoms with Crippen LogP contribution in [0.3, 0.4) is 0 Å². The lowest BCUT2D eigenvalue weighted by Gasteiger charge is -2.32. The van der Waals surface area contributed by atoms with Gasteiger partial charge in [-0.15, -0.1) is 0 Å². The first-order chi connectivity index (χ1) is 23.0. The van der Waals surface area contributed by atoms with E-state index in [0.717, 1.165) is 0 Å². The molecule has 6 aliphatic carbocycles. The Kier molecular flexibility index (Phi) is 5.80. The zero-order valence-corrected chi connectivity index (χ0v) is 27.0. The minimum atomic E-state index is 0.0331. The van der Waals surface area contributed by atoms with Crippen LogP contribution < -0.4 is 0 Å². The van der Waals surface area contributed by atoms with Gasteiger partial charge in [0.2, 0.25) is 0 Å². The first kappa shape index (κ1) is 27.2. The van der Waals surface area contributed by atoms with E-state index in [4.69, 9.17) is 0 Å². The van der Waals surface area contributed by atoms with E-state index in [1.165, 1.54) is 55.3 Å². The lowest BCUT2D eigenvalue weighted by molar-refractivity contribution is 0.395. The van der Waals surface area contributed by atoms with E-state index in [1.54, 1.807) is 11.1 Å². The Morgan fingerprint density at radius 3 is 2.15 bits per heavy atom. The van der Waals surface area contributed by atoms with Gasteiger partial charge in [0.1, 0.15) is 0 Å². The van der Waals surface area contributed by atoms with Gasteiger partial charge in [-0.2, -0.15) is 0 Å². The summed E-state index contributed by atoms with van der Waals surface area (Å²) in [5.74, 6) is 2.74. The summed E-state index contributed by atoms with van der Waals surface area (Å²) < 4.78 is 0. The van der Waals surface area contributed by atoms with E-state index >= 15 is 0 Å². The molecule has 0 saturated heterocycles. The fraction of sp³-hybridized carbons (Fsp3) is 0.191. The summed E-state index contributed by atoms with van der Waals surface area (Å²) in [7, 11) is 0. The van der Waals surface area contributed by atoms with Gasteiger partial charge in [0, 0.05) is 29.6 Å². The maximum Gasteiger partial charge on any atom is 0.0131 e. The molecule has 10 rings (SSSR count). The van der Waals surface area contributed by atoms with Gasteiger partial charge < -0.3 is 0 Å². The predicted molar refractivity (Wildman–Crippen MR) is 198 cm³/mol. The van der Waals surface area contributed by atoms with Gasteiger partial charge >= 0.3 is 0 Å². The third-order valence-electron chi connectivity index (χ3n) is 12.2. The van der Waals surface area contributed by atoms with Crippen molar-refractivity contribution >= 4 is 21.9 Å². The first-order valence-corrected chi connectivity index (χ1v) is 17.3. The minimum Gasteiger partial charge on any atom is -0.0764 e. The molecular weight excluding hydrogens is 565 g/mol. The van der Waals surface area contributed by atoms with E-state index in [1.807, 2.05) is 0 Å². The second kappa shape index (κ2) is 10.0. The Balaban J connectivity index is 0.975. The van der Waals surface area contributed by atoms with Crippen molar-refractivity contribution in [3.63, 3.8) is 0 Å². The molecule has 0 heterocycles. The van der Waals surface area contributed by atoms with E-state index in [0.29, 0.717) is 35.5 Å². The van der Waals surface area contributed by atoms with Crippen LogP contribution in [-0.4, -0.2) is 0 Å². The summed E-state index contributed by atoms with van der Waals surface area (Å²) in [6, 6.07) is 32.1. The average Bonchev–Trinajstić information content (AvgIpc) is 3.57. The third-order valence-corrected chi connectivity index (χ3v) is 12.2. The number of allylic oxidation sites excluding steroid dienone is 16. The van der Waals surface area contributed by atoms with Crippen LogP contribution in [0, 0.1) is 29.6 Å². The van der Waals surface area contributed by atoms with Crippen LogP contribution in [0.5, 0.6) is 0 Å². The fourth-order valence-electron chi connectivity index (χ4n) is 9.80. The number of rotatable bonds is 3. The van der Waals surface area contributed by atoms with Gasteiger partial charge in [0.25, 0.3) is 0 Å². The van der Waals surface area contributed by atoms with Gasteiger partial charge in [-0.05, 0) is 78.8 Å². The summed E-state index contributed by atoms with van der Waals surface area (Å²) in [6.07, 6.45) is 28.7. The number of hydrogen-bond acceptors (Lipinski definition) is 0. The van der Waals surface area contributed by atoms with Crippen LogP contribution in [-0.2, 0) is 5.41 Å². The van der Waals surface area contributed by atoms with Crippen molar-refractivity contribution in [2.45, 2.75) is 25.2 Å². The highest BCUT2D eigenvalue weighted by Gasteiger charge is 2.47. The number of fused-ring (bicyclic) bond motifs is 7. The van der Waals surface area contributed by atoms with Gasteiger partial charge in [-0.1, -0.05) is 171 Å². The molecule has 0 aromatic heterocycles. The monoisotopic (exact) mass is 602 g/mol. The predicted octanol–water partition coefficient (Wildman–Crippen LogP) is 11.6.